The topological polar surface area (TPSA) is 76.7 Å². The fraction of sp³-hybridized carbons (Fsp3) is 0.300. The lowest BCUT2D eigenvalue weighted by atomic mass is 10.1. The van der Waals surface area contributed by atoms with Crippen LogP contribution in [0, 0.1) is 0 Å². The third-order valence-electron chi connectivity index (χ3n) is 3.55. The van der Waals surface area contributed by atoms with Crippen LogP contribution in [0.1, 0.15) is 41.5 Å². The molecule has 0 atom stereocenters. The van der Waals surface area contributed by atoms with Crippen LogP contribution in [0.4, 0.5) is 5.69 Å². The van der Waals surface area contributed by atoms with Crippen LogP contribution in [0.2, 0.25) is 0 Å². The largest absolute Gasteiger partial charge is 0.497 e. The highest BCUT2D eigenvalue weighted by molar-refractivity contribution is 6.05. The molecule has 0 saturated carbocycles. The zero-order valence-corrected chi connectivity index (χ0v) is 15.7. The number of hydrogen-bond acceptors (Lipinski definition) is 4. The minimum atomic E-state index is -0.323. The lowest BCUT2D eigenvalue weighted by Gasteiger charge is -2.20. The van der Waals surface area contributed by atoms with Crippen LogP contribution in [0.5, 0.6) is 11.5 Å². The first-order valence-corrected chi connectivity index (χ1v) is 8.19. The molecule has 0 bridgehead atoms. The van der Waals surface area contributed by atoms with E-state index in [-0.39, 0.29) is 17.4 Å². The molecule has 2 amide bonds. The van der Waals surface area contributed by atoms with Crippen molar-refractivity contribution >= 4 is 17.5 Å². The van der Waals surface area contributed by atoms with Gasteiger partial charge in [0.05, 0.1) is 19.9 Å². The lowest BCUT2D eigenvalue weighted by molar-refractivity contribution is 0.0918. The summed E-state index contributed by atoms with van der Waals surface area (Å²) in [6.45, 7) is 5.73. The molecule has 0 aliphatic rings. The van der Waals surface area contributed by atoms with Crippen LogP contribution >= 0.6 is 0 Å². The second kappa shape index (κ2) is 7.91. The molecule has 26 heavy (non-hydrogen) atoms. The average Bonchev–Trinajstić information content (AvgIpc) is 2.60. The van der Waals surface area contributed by atoms with Crippen LogP contribution in [0.25, 0.3) is 0 Å². The Kier molecular flexibility index (Phi) is 5.87. The first-order chi connectivity index (χ1) is 12.2. The molecule has 0 aromatic heterocycles. The monoisotopic (exact) mass is 356 g/mol. The summed E-state index contributed by atoms with van der Waals surface area (Å²) in [5.41, 5.74) is 1.11. The van der Waals surface area contributed by atoms with Gasteiger partial charge < -0.3 is 20.1 Å². The number of carbonyl (C=O) groups excluding carboxylic acids is 2. The first kappa shape index (κ1) is 19.3. The van der Waals surface area contributed by atoms with E-state index in [9.17, 15) is 9.59 Å². The van der Waals surface area contributed by atoms with Crippen LogP contribution < -0.4 is 20.1 Å². The molecule has 0 radical (unpaired) electrons. The molecule has 6 heteroatoms. The molecule has 0 heterocycles. The van der Waals surface area contributed by atoms with Gasteiger partial charge >= 0.3 is 0 Å². The summed E-state index contributed by atoms with van der Waals surface area (Å²) in [4.78, 5) is 24.6. The normalized spacial score (nSPS) is 10.8. The number of amides is 2. The fourth-order valence-corrected chi connectivity index (χ4v) is 2.29. The molecule has 0 aliphatic carbocycles. The Hall–Kier alpha value is -3.02. The molecule has 138 valence electrons. The van der Waals surface area contributed by atoms with Crippen molar-refractivity contribution in [2.24, 2.45) is 0 Å². The number of hydrogen-bond donors (Lipinski definition) is 2. The van der Waals surface area contributed by atoms with Gasteiger partial charge in [-0.3, -0.25) is 9.59 Å². The molecule has 2 N–H and O–H groups in total. The number of nitrogens with one attached hydrogen (secondary N) is 2. The summed E-state index contributed by atoms with van der Waals surface area (Å²) in [5, 5.41) is 5.68. The fourth-order valence-electron chi connectivity index (χ4n) is 2.29. The van der Waals surface area contributed by atoms with Gasteiger partial charge in [0.2, 0.25) is 0 Å². The van der Waals surface area contributed by atoms with E-state index < -0.39 is 0 Å². The van der Waals surface area contributed by atoms with E-state index in [4.69, 9.17) is 9.47 Å². The Balaban J connectivity index is 2.15. The van der Waals surface area contributed by atoms with Crippen LogP contribution in [0.15, 0.2) is 42.5 Å². The van der Waals surface area contributed by atoms with Crippen molar-refractivity contribution in [3.8, 4) is 11.5 Å². The Labute approximate surface area is 153 Å². The standard InChI is InChI=1S/C20H24N2O4/c1-20(2,3)22-19(24)14-8-6-13(7-9-14)18(23)21-16-12-15(25-4)10-11-17(16)26-5/h6-12H,1-5H3,(H,21,23)(H,22,24). The average molecular weight is 356 g/mol. The summed E-state index contributed by atoms with van der Waals surface area (Å²) in [6, 6.07) is 11.6. The molecule has 6 nitrogen and oxygen atoms in total. The van der Waals surface area contributed by atoms with Crippen LogP contribution in [0.3, 0.4) is 0 Å². The molecule has 2 aromatic carbocycles. The quantitative estimate of drug-likeness (QED) is 0.860. The third kappa shape index (κ3) is 4.99. The van der Waals surface area contributed by atoms with Gasteiger partial charge in [-0.15, -0.1) is 0 Å². The van der Waals surface area contributed by atoms with E-state index in [1.54, 1.807) is 49.6 Å². The third-order valence-corrected chi connectivity index (χ3v) is 3.55. The zero-order chi connectivity index (χ0) is 19.3. The van der Waals surface area contributed by atoms with E-state index in [0.29, 0.717) is 28.3 Å². The second-order valence-electron chi connectivity index (χ2n) is 6.80. The van der Waals surface area contributed by atoms with E-state index in [1.807, 2.05) is 20.8 Å². The Morgan fingerprint density at radius 2 is 1.42 bits per heavy atom. The van der Waals surface area contributed by atoms with Crippen molar-refractivity contribution in [1.29, 1.82) is 0 Å². The Bertz CT molecular complexity index is 792. The van der Waals surface area contributed by atoms with Crippen LogP contribution in [-0.4, -0.2) is 31.6 Å². The maximum atomic E-state index is 12.5. The molecule has 2 aromatic rings. The first-order valence-electron chi connectivity index (χ1n) is 8.19. The van der Waals surface area contributed by atoms with Gasteiger partial charge in [-0.25, -0.2) is 0 Å². The highest BCUT2D eigenvalue weighted by Gasteiger charge is 2.16. The Morgan fingerprint density at radius 1 is 0.846 bits per heavy atom. The molecular weight excluding hydrogens is 332 g/mol. The summed E-state index contributed by atoms with van der Waals surface area (Å²) < 4.78 is 10.4. The smallest absolute Gasteiger partial charge is 0.255 e. The van der Waals surface area contributed by atoms with Crippen molar-refractivity contribution < 1.29 is 19.1 Å². The highest BCUT2D eigenvalue weighted by atomic mass is 16.5. The predicted octanol–water partition coefficient (Wildman–Crippen LogP) is 3.48. The second-order valence-corrected chi connectivity index (χ2v) is 6.80. The number of anilines is 1. The van der Waals surface area contributed by atoms with E-state index in [2.05, 4.69) is 10.6 Å². The van der Waals surface area contributed by atoms with E-state index >= 15 is 0 Å². The summed E-state index contributed by atoms with van der Waals surface area (Å²) in [6.07, 6.45) is 0. The van der Waals surface area contributed by atoms with Gasteiger partial charge in [0.25, 0.3) is 11.8 Å². The van der Waals surface area contributed by atoms with Gasteiger partial charge in [-0.2, -0.15) is 0 Å². The van der Waals surface area contributed by atoms with Crippen molar-refractivity contribution in [3.05, 3.63) is 53.6 Å². The van der Waals surface area contributed by atoms with Crippen molar-refractivity contribution in [2.45, 2.75) is 26.3 Å². The van der Waals surface area contributed by atoms with Crippen LogP contribution in [-0.2, 0) is 0 Å². The summed E-state index contributed by atoms with van der Waals surface area (Å²) >= 11 is 0. The number of rotatable bonds is 5. The van der Waals surface area contributed by atoms with Gasteiger partial charge in [0, 0.05) is 22.7 Å². The van der Waals surface area contributed by atoms with Gasteiger partial charge in [0.1, 0.15) is 11.5 Å². The maximum absolute atomic E-state index is 12.5. The van der Waals surface area contributed by atoms with E-state index in [0.717, 1.165) is 0 Å². The van der Waals surface area contributed by atoms with E-state index in [1.165, 1.54) is 7.11 Å². The molecule has 0 spiro atoms. The SMILES string of the molecule is COc1ccc(OC)c(NC(=O)c2ccc(C(=O)NC(C)(C)C)cc2)c1. The highest BCUT2D eigenvalue weighted by Crippen LogP contribution is 2.29. The zero-order valence-electron chi connectivity index (χ0n) is 15.7. The van der Waals surface area contributed by atoms with Gasteiger partial charge in [0.15, 0.2) is 0 Å². The lowest BCUT2D eigenvalue weighted by Crippen LogP contribution is -2.40. The minimum absolute atomic E-state index is 0.182. The van der Waals surface area contributed by atoms with Crippen molar-refractivity contribution in [3.63, 3.8) is 0 Å². The summed E-state index contributed by atoms with van der Waals surface area (Å²) in [7, 11) is 3.08. The molecule has 0 unspecified atom stereocenters. The van der Waals surface area contributed by atoms with Gasteiger partial charge in [-0.1, -0.05) is 0 Å². The maximum Gasteiger partial charge on any atom is 0.255 e. The number of methoxy groups -OCH3 is 2. The molecule has 0 aliphatic heterocycles. The number of ether oxygens (including phenoxy) is 2. The van der Waals surface area contributed by atoms with Gasteiger partial charge in [-0.05, 0) is 57.2 Å². The molecule has 0 saturated heterocycles. The Morgan fingerprint density at radius 3 is 1.92 bits per heavy atom. The predicted molar refractivity (Wildman–Crippen MR) is 101 cm³/mol. The number of carbonyl (C=O) groups is 2. The minimum Gasteiger partial charge on any atom is -0.497 e. The summed E-state index contributed by atoms with van der Waals surface area (Å²) in [5.74, 6) is 0.647. The molecular formula is C20H24N2O4. The molecule has 2 rings (SSSR count). The van der Waals surface area contributed by atoms with Crippen molar-refractivity contribution in [1.82, 2.24) is 5.32 Å². The number of benzene rings is 2. The van der Waals surface area contributed by atoms with Crippen molar-refractivity contribution in [2.75, 3.05) is 19.5 Å². The molecule has 0 fully saturated rings.